The highest BCUT2D eigenvalue weighted by Gasteiger charge is 2.17. The van der Waals surface area contributed by atoms with Crippen molar-refractivity contribution >= 4 is 54.8 Å². The molecular formula is C14H13Br2ClFNS. The van der Waals surface area contributed by atoms with Crippen molar-refractivity contribution in [2.75, 3.05) is 6.54 Å². The molecule has 20 heavy (non-hydrogen) atoms. The van der Waals surface area contributed by atoms with E-state index in [-0.39, 0.29) is 16.9 Å². The fourth-order valence-electron chi connectivity index (χ4n) is 2.03. The van der Waals surface area contributed by atoms with Crippen molar-refractivity contribution in [3.05, 3.63) is 53.8 Å². The summed E-state index contributed by atoms with van der Waals surface area (Å²) in [4.78, 5) is 0. The molecule has 108 valence electrons. The Kier molecular flexibility index (Phi) is 6.05. The Balaban J connectivity index is 2.25. The van der Waals surface area contributed by atoms with Crippen LogP contribution in [0.1, 0.15) is 24.1 Å². The maximum atomic E-state index is 13.5. The minimum Gasteiger partial charge on any atom is -0.310 e. The lowest BCUT2D eigenvalue weighted by atomic mass is 10.0. The minimum absolute atomic E-state index is 0.137. The highest BCUT2D eigenvalue weighted by Crippen LogP contribution is 2.36. The maximum absolute atomic E-state index is 13.5. The highest BCUT2D eigenvalue weighted by molar-refractivity contribution is 9.12. The van der Waals surface area contributed by atoms with Gasteiger partial charge in [0.15, 0.2) is 0 Å². The molecule has 0 saturated heterocycles. The quantitative estimate of drug-likeness (QED) is 0.604. The zero-order chi connectivity index (χ0) is 14.7. The third-order valence-corrected chi connectivity index (χ3v) is 5.63. The van der Waals surface area contributed by atoms with Crippen molar-refractivity contribution in [1.29, 1.82) is 0 Å². The fourth-order valence-corrected chi connectivity index (χ4v) is 5.12. The van der Waals surface area contributed by atoms with Crippen molar-refractivity contribution in [2.24, 2.45) is 0 Å². The van der Waals surface area contributed by atoms with E-state index in [0.29, 0.717) is 6.42 Å². The molecule has 0 radical (unpaired) electrons. The van der Waals surface area contributed by atoms with Gasteiger partial charge in [-0.3, -0.25) is 0 Å². The molecule has 0 aliphatic heterocycles. The van der Waals surface area contributed by atoms with Crippen LogP contribution in [0.15, 0.2) is 31.8 Å². The van der Waals surface area contributed by atoms with Gasteiger partial charge in [-0.15, -0.1) is 11.3 Å². The smallest absolute Gasteiger partial charge is 0.142 e. The van der Waals surface area contributed by atoms with E-state index in [1.165, 1.54) is 11.6 Å². The van der Waals surface area contributed by atoms with Gasteiger partial charge in [-0.25, -0.2) is 4.39 Å². The van der Waals surface area contributed by atoms with Gasteiger partial charge in [-0.2, -0.15) is 0 Å². The molecule has 1 aromatic carbocycles. The number of hydrogen-bond acceptors (Lipinski definition) is 2. The van der Waals surface area contributed by atoms with Gasteiger partial charge in [-0.1, -0.05) is 24.6 Å². The molecule has 1 unspecified atom stereocenters. The van der Waals surface area contributed by atoms with Crippen molar-refractivity contribution in [1.82, 2.24) is 5.32 Å². The van der Waals surface area contributed by atoms with Crippen LogP contribution in [0.4, 0.5) is 4.39 Å². The van der Waals surface area contributed by atoms with E-state index in [2.05, 4.69) is 50.2 Å². The van der Waals surface area contributed by atoms with Gasteiger partial charge in [0.2, 0.25) is 0 Å². The van der Waals surface area contributed by atoms with Crippen molar-refractivity contribution < 1.29 is 4.39 Å². The summed E-state index contributed by atoms with van der Waals surface area (Å²) in [6, 6.07) is 7.20. The molecule has 1 heterocycles. The summed E-state index contributed by atoms with van der Waals surface area (Å²) in [5.41, 5.74) is 2.10. The summed E-state index contributed by atoms with van der Waals surface area (Å²) >= 11 is 14.4. The van der Waals surface area contributed by atoms with Gasteiger partial charge in [0.1, 0.15) is 5.82 Å². The minimum atomic E-state index is -0.370. The molecular weight excluding hydrogens is 428 g/mol. The first kappa shape index (κ1) is 16.4. The van der Waals surface area contributed by atoms with Crippen LogP contribution in [0.2, 0.25) is 5.02 Å². The number of hydrogen-bond donors (Lipinski definition) is 1. The summed E-state index contributed by atoms with van der Waals surface area (Å²) in [6.45, 7) is 2.91. The fraction of sp³-hybridized carbons (Fsp3) is 0.286. The normalized spacial score (nSPS) is 12.7. The van der Waals surface area contributed by atoms with Crippen LogP contribution in [0.5, 0.6) is 0 Å². The van der Waals surface area contributed by atoms with Gasteiger partial charge >= 0.3 is 0 Å². The van der Waals surface area contributed by atoms with Crippen LogP contribution in [0.3, 0.4) is 0 Å². The van der Waals surface area contributed by atoms with Gasteiger partial charge < -0.3 is 5.32 Å². The molecule has 0 aliphatic carbocycles. The molecule has 2 rings (SSSR count). The van der Waals surface area contributed by atoms with Crippen LogP contribution in [0.25, 0.3) is 0 Å². The van der Waals surface area contributed by atoms with E-state index in [4.69, 9.17) is 11.6 Å². The van der Waals surface area contributed by atoms with Gasteiger partial charge in [0, 0.05) is 6.04 Å². The topological polar surface area (TPSA) is 12.0 Å². The molecule has 6 heteroatoms. The second-order valence-electron chi connectivity index (χ2n) is 4.34. The largest absolute Gasteiger partial charge is 0.310 e. The summed E-state index contributed by atoms with van der Waals surface area (Å²) in [7, 11) is 0. The van der Waals surface area contributed by atoms with E-state index >= 15 is 0 Å². The predicted molar refractivity (Wildman–Crippen MR) is 91.3 cm³/mol. The maximum Gasteiger partial charge on any atom is 0.142 e. The Morgan fingerprint density at radius 3 is 2.65 bits per heavy atom. The van der Waals surface area contributed by atoms with Crippen LogP contribution in [-0.2, 0) is 6.42 Å². The van der Waals surface area contributed by atoms with Gasteiger partial charge in [0.25, 0.3) is 0 Å². The van der Waals surface area contributed by atoms with Crippen molar-refractivity contribution in [2.45, 2.75) is 19.4 Å². The van der Waals surface area contributed by atoms with E-state index in [0.717, 1.165) is 19.7 Å². The highest BCUT2D eigenvalue weighted by atomic mass is 79.9. The average molecular weight is 442 g/mol. The molecule has 0 amide bonds. The molecule has 0 spiro atoms. The number of halogens is 4. The summed E-state index contributed by atoms with van der Waals surface area (Å²) in [6.07, 6.45) is 0.712. The summed E-state index contributed by atoms with van der Waals surface area (Å²) in [5, 5.41) is 3.60. The standard InChI is InChI=1S/C14H13Br2ClFNS/c1-2-19-12(9-7-13(15)20-14(9)16)6-8-3-4-10(17)11(18)5-8/h3-5,7,12,19H,2,6H2,1H3. The number of nitrogens with one attached hydrogen (secondary N) is 1. The van der Waals surface area contributed by atoms with Crippen LogP contribution in [0, 0.1) is 5.82 Å². The summed E-state index contributed by atoms with van der Waals surface area (Å²) < 4.78 is 15.7. The molecule has 0 fully saturated rings. The number of likely N-dealkylation sites (N-methyl/N-ethyl adjacent to an activating group) is 1. The zero-order valence-corrected chi connectivity index (χ0v) is 15.5. The van der Waals surface area contributed by atoms with E-state index < -0.39 is 0 Å². The molecule has 1 N–H and O–H groups in total. The molecule has 0 saturated carbocycles. The number of thiophene rings is 1. The van der Waals surface area contributed by atoms with Crippen LogP contribution in [-0.4, -0.2) is 6.54 Å². The monoisotopic (exact) mass is 439 g/mol. The Morgan fingerprint density at radius 2 is 2.10 bits per heavy atom. The van der Waals surface area contributed by atoms with Crippen molar-refractivity contribution in [3.8, 4) is 0 Å². The molecule has 1 aromatic heterocycles. The van der Waals surface area contributed by atoms with Crippen LogP contribution < -0.4 is 5.32 Å². The van der Waals surface area contributed by atoms with Crippen molar-refractivity contribution in [3.63, 3.8) is 0 Å². The third-order valence-electron chi connectivity index (χ3n) is 2.93. The van der Waals surface area contributed by atoms with E-state index in [1.807, 2.05) is 6.07 Å². The zero-order valence-electron chi connectivity index (χ0n) is 10.7. The Hall–Kier alpha value is 0.0600. The van der Waals surface area contributed by atoms with Gasteiger partial charge in [0.05, 0.1) is 12.6 Å². The molecule has 1 nitrogen and oxygen atoms in total. The Bertz CT molecular complexity index is 603. The molecule has 1 atom stereocenters. The Morgan fingerprint density at radius 1 is 1.35 bits per heavy atom. The number of rotatable bonds is 5. The number of benzene rings is 1. The molecule has 2 aromatic rings. The molecule has 0 aliphatic rings. The summed E-state index contributed by atoms with van der Waals surface area (Å²) in [5.74, 6) is -0.370. The lowest BCUT2D eigenvalue weighted by Gasteiger charge is -2.18. The van der Waals surface area contributed by atoms with E-state index in [9.17, 15) is 4.39 Å². The second kappa shape index (κ2) is 7.36. The SMILES string of the molecule is CCNC(Cc1ccc(Cl)c(F)c1)c1cc(Br)sc1Br. The van der Waals surface area contributed by atoms with Gasteiger partial charge in [-0.05, 0) is 74.2 Å². The lowest BCUT2D eigenvalue weighted by molar-refractivity contribution is 0.546. The van der Waals surface area contributed by atoms with Crippen LogP contribution >= 0.6 is 54.8 Å². The first-order chi connectivity index (χ1) is 9.51. The third kappa shape index (κ3) is 4.04. The Labute approximate surface area is 143 Å². The predicted octanol–water partition coefficient (Wildman–Crippen LogP) is 5.96. The second-order valence-corrected chi connectivity index (χ2v) is 8.50. The first-order valence-corrected chi connectivity index (χ1v) is 8.91. The average Bonchev–Trinajstić information content (AvgIpc) is 2.72. The molecule has 0 bridgehead atoms. The van der Waals surface area contributed by atoms with E-state index in [1.54, 1.807) is 17.4 Å². The first-order valence-electron chi connectivity index (χ1n) is 6.13. The lowest BCUT2D eigenvalue weighted by Crippen LogP contribution is -2.22.